The summed E-state index contributed by atoms with van der Waals surface area (Å²) < 4.78 is 0. The number of carboxylic acids is 1. The first kappa shape index (κ1) is 19.1. The smallest absolute Gasteiger partial charge is 0.306 e. The van der Waals surface area contributed by atoms with Crippen LogP contribution in [-0.4, -0.2) is 45.7 Å². The van der Waals surface area contributed by atoms with E-state index in [1.165, 1.54) is 0 Å². The van der Waals surface area contributed by atoms with Gasteiger partial charge in [0.05, 0.1) is 19.1 Å². The summed E-state index contributed by atoms with van der Waals surface area (Å²) in [6, 6.07) is 9.07. The highest BCUT2D eigenvalue weighted by Gasteiger charge is 2.29. The standard InChI is InChI=1S/C17H26N2O4/c1-12(2)8-14(15(20)9-17(22)23)19(11-16(18)21)10-13-6-4-3-5-7-13/h3-7,12,14-15,20H,8-11H2,1-2H3,(H2,18,21)(H,22,23). The lowest BCUT2D eigenvalue weighted by atomic mass is 9.95. The van der Waals surface area contributed by atoms with Crippen molar-refractivity contribution in [2.75, 3.05) is 6.54 Å². The lowest BCUT2D eigenvalue weighted by molar-refractivity contribution is -0.140. The van der Waals surface area contributed by atoms with E-state index in [1.807, 2.05) is 44.2 Å². The zero-order chi connectivity index (χ0) is 17.4. The van der Waals surface area contributed by atoms with Crippen LogP contribution in [0.3, 0.4) is 0 Å². The van der Waals surface area contributed by atoms with Crippen LogP contribution in [0.2, 0.25) is 0 Å². The van der Waals surface area contributed by atoms with Crippen LogP contribution in [0, 0.1) is 5.92 Å². The average Bonchev–Trinajstić information content (AvgIpc) is 2.43. The molecule has 0 heterocycles. The molecule has 0 aliphatic carbocycles. The molecule has 6 heteroatoms. The van der Waals surface area contributed by atoms with E-state index in [0.29, 0.717) is 13.0 Å². The Balaban J connectivity index is 2.99. The number of primary amides is 1. The van der Waals surface area contributed by atoms with Crippen molar-refractivity contribution in [2.24, 2.45) is 11.7 Å². The fraction of sp³-hybridized carbons (Fsp3) is 0.529. The Labute approximate surface area is 136 Å². The van der Waals surface area contributed by atoms with Gasteiger partial charge in [-0.1, -0.05) is 44.2 Å². The molecule has 0 aliphatic heterocycles. The monoisotopic (exact) mass is 322 g/mol. The number of amides is 1. The van der Waals surface area contributed by atoms with Crippen LogP contribution in [0.25, 0.3) is 0 Å². The van der Waals surface area contributed by atoms with Crippen molar-refractivity contribution in [1.29, 1.82) is 0 Å². The molecule has 2 unspecified atom stereocenters. The minimum atomic E-state index is -1.06. The second-order valence-electron chi connectivity index (χ2n) is 6.22. The maximum absolute atomic E-state index is 11.4. The topological polar surface area (TPSA) is 104 Å². The molecule has 0 saturated heterocycles. The Kier molecular flexibility index (Phi) is 7.71. The van der Waals surface area contributed by atoms with Gasteiger partial charge in [-0.05, 0) is 17.9 Å². The van der Waals surface area contributed by atoms with Crippen LogP contribution in [0.15, 0.2) is 30.3 Å². The molecule has 0 aliphatic rings. The second-order valence-corrected chi connectivity index (χ2v) is 6.22. The Bertz CT molecular complexity index is 505. The fourth-order valence-electron chi connectivity index (χ4n) is 2.66. The van der Waals surface area contributed by atoms with Gasteiger partial charge in [0, 0.05) is 12.6 Å². The van der Waals surface area contributed by atoms with E-state index in [-0.39, 0.29) is 18.9 Å². The van der Waals surface area contributed by atoms with Gasteiger partial charge in [-0.3, -0.25) is 14.5 Å². The molecule has 2 atom stereocenters. The van der Waals surface area contributed by atoms with E-state index in [2.05, 4.69) is 0 Å². The molecular weight excluding hydrogens is 296 g/mol. The third-order valence-corrected chi connectivity index (χ3v) is 3.60. The maximum atomic E-state index is 11.4. The lowest BCUT2D eigenvalue weighted by Crippen LogP contribution is -2.48. The van der Waals surface area contributed by atoms with Crippen LogP contribution in [-0.2, 0) is 16.1 Å². The highest BCUT2D eigenvalue weighted by atomic mass is 16.4. The van der Waals surface area contributed by atoms with Crippen LogP contribution in [0.5, 0.6) is 0 Å². The van der Waals surface area contributed by atoms with Crippen LogP contribution < -0.4 is 5.73 Å². The molecule has 0 saturated carbocycles. The molecule has 0 bridgehead atoms. The van der Waals surface area contributed by atoms with Crippen LogP contribution >= 0.6 is 0 Å². The molecule has 6 nitrogen and oxygen atoms in total. The molecule has 128 valence electrons. The third kappa shape index (κ3) is 7.25. The minimum Gasteiger partial charge on any atom is -0.481 e. The molecule has 1 amide bonds. The number of carbonyl (C=O) groups is 2. The first-order valence-corrected chi connectivity index (χ1v) is 7.75. The average molecular weight is 322 g/mol. The van der Waals surface area contributed by atoms with Gasteiger partial charge in [-0.2, -0.15) is 0 Å². The summed E-state index contributed by atoms with van der Waals surface area (Å²) in [6.07, 6.45) is -0.839. The van der Waals surface area contributed by atoms with Crippen molar-refractivity contribution in [1.82, 2.24) is 4.90 Å². The molecule has 0 fully saturated rings. The van der Waals surface area contributed by atoms with E-state index >= 15 is 0 Å². The zero-order valence-corrected chi connectivity index (χ0v) is 13.7. The number of carboxylic acid groups (broad SMARTS) is 1. The summed E-state index contributed by atoms with van der Waals surface area (Å²) >= 11 is 0. The van der Waals surface area contributed by atoms with Gasteiger partial charge in [-0.25, -0.2) is 0 Å². The fourth-order valence-corrected chi connectivity index (χ4v) is 2.66. The SMILES string of the molecule is CC(C)CC(C(O)CC(=O)O)N(CC(N)=O)Cc1ccccc1. The molecule has 1 aromatic carbocycles. The number of nitrogens with two attached hydrogens (primary N) is 1. The minimum absolute atomic E-state index is 0.0248. The first-order valence-electron chi connectivity index (χ1n) is 7.75. The summed E-state index contributed by atoms with van der Waals surface area (Å²) in [5.74, 6) is -1.32. The van der Waals surface area contributed by atoms with Gasteiger partial charge in [0.2, 0.25) is 5.91 Å². The van der Waals surface area contributed by atoms with E-state index < -0.39 is 24.0 Å². The van der Waals surface area contributed by atoms with Crippen molar-refractivity contribution in [3.05, 3.63) is 35.9 Å². The number of nitrogens with zero attached hydrogens (tertiary/aromatic N) is 1. The van der Waals surface area contributed by atoms with Gasteiger partial charge < -0.3 is 15.9 Å². The predicted octanol–water partition coefficient (Wildman–Crippen LogP) is 1.22. The first-order chi connectivity index (χ1) is 10.8. The van der Waals surface area contributed by atoms with E-state index in [9.17, 15) is 14.7 Å². The molecular formula is C17H26N2O4. The molecule has 4 N–H and O–H groups in total. The number of aliphatic carboxylic acids is 1. The van der Waals surface area contributed by atoms with Crippen LogP contribution in [0.1, 0.15) is 32.3 Å². The Morgan fingerprint density at radius 1 is 1.22 bits per heavy atom. The summed E-state index contributed by atoms with van der Waals surface area (Å²) in [7, 11) is 0. The second kappa shape index (κ2) is 9.27. The number of aliphatic hydroxyl groups excluding tert-OH is 1. The van der Waals surface area contributed by atoms with E-state index in [1.54, 1.807) is 4.90 Å². The Morgan fingerprint density at radius 3 is 2.30 bits per heavy atom. The highest BCUT2D eigenvalue weighted by molar-refractivity contribution is 5.76. The molecule has 23 heavy (non-hydrogen) atoms. The quantitative estimate of drug-likeness (QED) is 0.601. The predicted molar refractivity (Wildman–Crippen MR) is 87.5 cm³/mol. The number of hydrogen-bond donors (Lipinski definition) is 3. The lowest BCUT2D eigenvalue weighted by Gasteiger charge is -2.35. The summed E-state index contributed by atoms with van der Waals surface area (Å²) in [5.41, 5.74) is 6.32. The van der Waals surface area contributed by atoms with E-state index in [0.717, 1.165) is 5.56 Å². The van der Waals surface area contributed by atoms with Crippen molar-refractivity contribution < 1.29 is 19.8 Å². The highest BCUT2D eigenvalue weighted by Crippen LogP contribution is 2.20. The van der Waals surface area contributed by atoms with Gasteiger partial charge in [0.15, 0.2) is 0 Å². The summed E-state index contributed by atoms with van der Waals surface area (Å²) in [4.78, 5) is 24.1. The zero-order valence-electron chi connectivity index (χ0n) is 13.7. The van der Waals surface area contributed by atoms with Crippen molar-refractivity contribution in [2.45, 2.75) is 45.4 Å². The number of aliphatic hydroxyl groups is 1. The number of carbonyl (C=O) groups excluding carboxylic acids is 1. The molecule has 0 spiro atoms. The van der Waals surface area contributed by atoms with Gasteiger partial charge >= 0.3 is 5.97 Å². The van der Waals surface area contributed by atoms with Crippen LogP contribution in [0.4, 0.5) is 0 Å². The molecule has 0 radical (unpaired) electrons. The number of hydrogen-bond acceptors (Lipinski definition) is 4. The van der Waals surface area contributed by atoms with Gasteiger partial charge in [0.1, 0.15) is 0 Å². The summed E-state index contributed by atoms with van der Waals surface area (Å²) in [5, 5.41) is 19.3. The largest absolute Gasteiger partial charge is 0.481 e. The number of benzene rings is 1. The Morgan fingerprint density at radius 2 is 1.83 bits per heavy atom. The third-order valence-electron chi connectivity index (χ3n) is 3.60. The van der Waals surface area contributed by atoms with Crippen molar-refractivity contribution >= 4 is 11.9 Å². The maximum Gasteiger partial charge on any atom is 0.306 e. The molecule has 1 aromatic rings. The molecule has 0 aromatic heterocycles. The van der Waals surface area contributed by atoms with Gasteiger partial charge in [0.25, 0.3) is 0 Å². The number of rotatable bonds is 10. The van der Waals surface area contributed by atoms with Gasteiger partial charge in [-0.15, -0.1) is 0 Å². The Hall–Kier alpha value is -1.92. The molecule has 1 rings (SSSR count). The van der Waals surface area contributed by atoms with Crippen molar-refractivity contribution in [3.8, 4) is 0 Å². The van der Waals surface area contributed by atoms with Crippen molar-refractivity contribution in [3.63, 3.8) is 0 Å². The van der Waals surface area contributed by atoms with E-state index in [4.69, 9.17) is 10.8 Å². The normalized spacial score (nSPS) is 14.0. The summed E-state index contributed by atoms with van der Waals surface area (Å²) in [6.45, 7) is 4.39.